The van der Waals surface area contributed by atoms with E-state index in [1.807, 2.05) is 0 Å². The van der Waals surface area contributed by atoms with Gasteiger partial charge >= 0.3 is 6.18 Å². The highest BCUT2D eigenvalue weighted by Crippen LogP contribution is 2.30. The third-order valence-electron chi connectivity index (χ3n) is 3.18. The minimum absolute atomic E-state index is 0.0585. The number of hydrogen-bond donors (Lipinski definition) is 2. The van der Waals surface area contributed by atoms with Crippen molar-refractivity contribution in [2.75, 3.05) is 6.54 Å². The highest BCUT2D eigenvalue weighted by molar-refractivity contribution is 7.89. The second-order valence-electron chi connectivity index (χ2n) is 6.09. The SMILES string of the molecule is CC(C)(C)C(O)CCNS(=O)(=O)c1cccc(C(F)(F)F)c1. The van der Waals surface area contributed by atoms with Gasteiger partial charge in [-0.2, -0.15) is 13.2 Å². The third kappa shape index (κ3) is 5.26. The molecule has 0 radical (unpaired) electrons. The predicted octanol–water partition coefficient (Wildman–Crippen LogP) is 2.78. The summed E-state index contributed by atoms with van der Waals surface area (Å²) in [6.07, 6.45) is -5.16. The number of rotatable bonds is 5. The summed E-state index contributed by atoms with van der Waals surface area (Å²) in [4.78, 5) is -0.451. The molecule has 0 aromatic heterocycles. The van der Waals surface area contributed by atoms with Crippen molar-refractivity contribution in [2.24, 2.45) is 5.41 Å². The van der Waals surface area contributed by atoms with Crippen molar-refractivity contribution in [3.63, 3.8) is 0 Å². The Kier molecular flexibility index (Phi) is 5.64. The van der Waals surface area contributed by atoms with Crippen molar-refractivity contribution in [1.82, 2.24) is 4.72 Å². The Bertz CT molecular complexity index is 606. The zero-order chi connectivity index (χ0) is 17.2. The van der Waals surface area contributed by atoms with Crippen molar-refractivity contribution in [3.05, 3.63) is 29.8 Å². The number of alkyl halides is 3. The van der Waals surface area contributed by atoms with Gasteiger partial charge < -0.3 is 5.11 Å². The van der Waals surface area contributed by atoms with Gasteiger partial charge in [0.05, 0.1) is 16.6 Å². The largest absolute Gasteiger partial charge is 0.416 e. The summed E-state index contributed by atoms with van der Waals surface area (Å²) >= 11 is 0. The number of benzene rings is 1. The van der Waals surface area contributed by atoms with E-state index in [0.29, 0.717) is 6.07 Å². The number of nitrogens with one attached hydrogen (secondary N) is 1. The number of aliphatic hydroxyl groups is 1. The molecule has 1 aromatic rings. The van der Waals surface area contributed by atoms with E-state index in [1.54, 1.807) is 20.8 Å². The van der Waals surface area contributed by atoms with Crippen molar-refractivity contribution in [3.8, 4) is 0 Å². The molecule has 0 saturated heterocycles. The van der Waals surface area contributed by atoms with Gasteiger partial charge in [-0.1, -0.05) is 26.8 Å². The lowest BCUT2D eigenvalue weighted by atomic mass is 9.87. The molecule has 0 fully saturated rings. The third-order valence-corrected chi connectivity index (χ3v) is 4.64. The number of hydrogen-bond acceptors (Lipinski definition) is 3. The molecule has 0 aliphatic rings. The summed E-state index contributed by atoms with van der Waals surface area (Å²) in [5.41, 5.74) is -1.42. The molecular formula is C14H20F3NO3S. The lowest BCUT2D eigenvalue weighted by Gasteiger charge is -2.25. The Balaban J connectivity index is 2.80. The van der Waals surface area contributed by atoms with E-state index in [2.05, 4.69) is 4.72 Å². The predicted molar refractivity (Wildman–Crippen MR) is 76.7 cm³/mol. The minimum Gasteiger partial charge on any atom is -0.393 e. The van der Waals surface area contributed by atoms with E-state index in [4.69, 9.17) is 0 Å². The van der Waals surface area contributed by atoms with Crippen LogP contribution in [0.15, 0.2) is 29.2 Å². The number of halogens is 3. The first-order valence-electron chi connectivity index (χ1n) is 6.69. The lowest BCUT2D eigenvalue weighted by molar-refractivity contribution is -0.137. The van der Waals surface area contributed by atoms with Gasteiger partial charge in [-0.25, -0.2) is 13.1 Å². The van der Waals surface area contributed by atoms with Gasteiger partial charge in [0.2, 0.25) is 10.0 Å². The Hall–Kier alpha value is -1.12. The first kappa shape index (κ1) is 18.9. The van der Waals surface area contributed by atoms with E-state index in [-0.39, 0.29) is 13.0 Å². The normalized spacial score (nSPS) is 14.9. The molecule has 1 atom stereocenters. The zero-order valence-corrected chi connectivity index (χ0v) is 13.4. The standard InChI is InChI=1S/C14H20F3NO3S/c1-13(2,3)12(19)7-8-18-22(20,21)11-6-4-5-10(9-11)14(15,16)17/h4-6,9,12,18-19H,7-8H2,1-3H3. The molecule has 0 spiro atoms. The molecule has 1 aromatic carbocycles. The van der Waals surface area contributed by atoms with Crippen molar-refractivity contribution >= 4 is 10.0 Å². The zero-order valence-electron chi connectivity index (χ0n) is 12.6. The van der Waals surface area contributed by atoms with Gasteiger partial charge in [0.1, 0.15) is 0 Å². The maximum Gasteiger partial charge on any atom is 0.416 e. The van der Waals surface area contributed by atoms with Crippen LogP contribution in [0.1, 0.15) is 32.8 Å². The fourth-order valence-electron chi connectivity index (χ4n) is 1.69. The smallest absolute Gasteiger partial charge is 0.393 e. The topological polar surface area (TPSA) is 66.4 Å². The summed E-state index contributed by atoms with van der Waals surface area (Å²) < 4.78 is 64.0. The number of aliphatic hydroxyl groups excluding tert-OH is 1. The summed E-state index contributed by atoms with van der Waals surface area (Å²) in [5, 5.41) is 9.82. The highest BCUT2D eigenvalue weighted by atomic mass is 32.2. The van der Waals surface area contributed by atoms with Crippen LogP contribution in [0, 0.1) is 5.41 Å². The van der Waals surface area contributed by atoms with Crippen LogP contribution in [0.4, 0.5) is 13.2 Å². The fraction of sp³-hybridized carbons (Fsp3) is 0.571. The number of sulfonamides is 1. The molecule has 1 unspecified atom stereocenters. The maximum absolute atomic E-state index is 12.6. The van der Waals surface area contributed by atoms with Crippen LogP contribution in [0.25, 0.3) is 0 Å². The summed E-state index contributed by atoms with van der Waals surface area (Å²) in [6, 6.07) is 3.53. The Labute approximate surface area is 128 Å². The molecule has 2 N–H and O–H groups in total. The van der Waals surface area contributed by atoms with Gasteiger partial charge in [-0.05, 0) is 30.0 Å². The maximum atomic E-state index is 12.6. The Morgan fingerprint density at radius 3 is 2.32 bits per heavy atom. The summed E-state index contributed by atoms with van der Waals surface area (Å²) in [7, 11) is -4.05. The molecule has 0 saturated carbocycles. The van der Waals surface area contributed by atoms with Crippen LogP contribution < -0.4 is 4.72 Å². The molecule has 0 bridgehead atoms. The fourth-order valence-corrected chi connectivity index (χ4v) is 2.78. The van der Waals surface area contributed by atoms with Crippen LogP contribution in [0.3, 0.4) is 0 Å². The van der Waals surface area contributed by atoms with Gasteiger partial charge in [0, 0.05) is 6.54 Å². The van der Waals surface area contributed by atoms with Gasteiger partial charge in [0.25, 0.3) is 0 Å². The second kappa shape index (κ2) is 6.55. The van der Waals surface area contributed by atoms with Crippen molar-refractivity contribution < 1.29 is 26.7 Å². The van der Waals surface area contributed by atoms with E-state index in [1.165, 1.54) is 0 Å². The van der Waals surface area contributed by atoms with E-state index in [0.717, 1.165) is 18.2 Å². The van der Waals surface area contributed by atoms with Gasteiger partial charge in [-0.15, -0.1) is 0 Å². The average Bonchev–Trinajstić information content (AvgIpc) is 2.36. The molecule has 0 heterocycles. The molecule has 126 valence electrons. The second-order valence-corrected chi connectivity index (χ2v) is 7.86. The van der Waals surface area contributed by atoms with Crippen LogP contribution in [-0.2, 0) is 16.2 Å². The van der Waals surface area contributed by atoms with Crippen molar-refractivity contribution in [2.45, 2.75) is 44.4 Å². The molecule has 4 nitrogen and oxygen atoms in total. The molecule has 0 aliphatic carbocycles. The summed E-state index contributed by atoms with van der Waals surface area (Å²) in [5.74, 6) is 0. The molecule has 8 heteroatoms. The van der Waals surface area contributed by atoms with Crippen LogP contribution in [0.2, 0.25) is 0 Å². The van der Waals surface area contributed by atoms with E-state index in [9.17, 15) is 26.7 Å². The van der Waals surface area contributed by atoms with Gasteiger partial charge in [0.15, 0.2) is 0 Å². The highest BCUT2D eigenvalue weighted by Gasteiger charge is 2.31. The Morgan fingerprint density at radius 2 is 1.82 bits per heavy atom. The van der Waals surface area contributed by atoms with Crippen LogP contribution in [-0.4, -0.2) is 26.2 Å². The van der Waals surface area contributed by atoms with Crippen molar-refractivity contribution in [1.29, 1.82) is 0 Å². The van der Waals surface area contributed by atoms with E-state index < -0.39 is 38.2 Å². The quantitative estimate of drug-likeness (QED) is 0.867. The summed E-state index contributed by atoms with van der Waals surface area (Å²) in [6.45, 7) is 5.36. The van der Waals surface area contributed by atoms with Crippen LogP contribution in [0.5, 0.6) is 0 Å². The molecule has 0 amide bonds. The first-order chi connectivity index (χ1) is 9.84. The Morgan fingerprint density at radius 1 is 1.23 bits per heavy atom. The van der Waals surface area contributed by atoms with Crippen LogP contribution >= 0.6 is 0 Å². The molecule has 1 rings (SSSR count). The molecule has 0 aliphatic heterocycles. The van der Waals surface area contributed by atoms with E-state index >= 15 is 0 Å². The monoisotopic (exact) mass is 339 g/mol. The minimum atomic E-state index is -4.60. The molecular weight excluding hydrogens is 319 g/mol. The lowest BCUT2D eigenvalue weighted by Crippen LogP contribution is -2.32. The van der Waals surface area contributed by atoms with Gasteiger partial charge in [-0.3, -0.25) is 0 Å². The molecule has 22 heavy (non-hydrogen) atoms. The average molecular weight is 339 g/mol. The first-order valence-corrected chi connectivity index (χ1v) is 8.17.